The minimum atomic E-state index is -0.320. The van der Waals surface area contributed by atoms with Gasteiger partial charge in [-0.2, -0.15) is 0 Å². The lowest BCUT2D eigenvalue weighted by molar-refractivity contribution is -0.148. The van der Waals surface area contributed by atoms with E-state index in [1.54, 1.807) is 6.20 Å². The Kier molecular flexibility index (Phi) is 5.16. The molecule has 6 nitrogen and oxygen atoms in total. The smallest absolute Gasteiger partial charge is 0.230 e. The molecule has 1 spiro atoms. The number of rotatable bonds is 5. The molecule has 0 N–H and O–H groups in total. The van der Waals surface area contributed by atoms with Crippen molar-refractivity contribution in [3.8, 4) is 0 Å². The molecule has 2 amide bonds. The predicted molar refractivity (Wildman–Crippen MR) is 95.9 cm³/mol. The normalized spacial score (nSPS) is 23.9. The molecule has 138 valence electrons. The second-order valence-electron chi connectivity index (χ2n) is 7.81. The third-order valence-electron chi connectivity index (χ3n) is 5.81. The van der Waals surface area contributed by atoms with Crippen LogP contribution in [-0.2, 0) is 16.1 Å². The van der Waals surface area contributed by atoms with Crippen molar-refractivity contribution in [2.24, 2.45) is 5.41 Å². The summed E-state index contributed by atoms with van der Waals surface area (Å²) in [5, 5.41) is 0. The number of carbonyl (C=O) groups is 2. The molecule has 2 saturated heterocycles. The van der Waals surface area contributed by atoms with Crippen LogP contribution in [0.2, 0.25) is 0 Å². The molecule has 25 heavy (non-hydrogen) atoms. The lowest BCUT2D eigenvalue weighted by Crippen LogP contribution is -2.52. The molecule has 0 saturated carbocycles. The van der Waals surface area contributed by atoms with Gasteiger partial charge >= 0.3 is 0 Å². The van der Waals surface area contributed by atoms with E-state index >= 15 is 0 Å². The number of imidazole rings is 1. The maximum Gasteiger partial charge on any atom is 0.230 e. The maximum atomic E-state index is 12.9. The molecule has 1 aromatic rings. The fourth-order valence-corrected chi connectivity index (χ4v) is 4.26. The van der Waals surface area contributed by atoms with Gasteiger partial charge in [-0.3, -0.25) is 9.59 Å². The Morgan fingerprint density at radius 1 is 1.32 bits per heavy atom. The van der Waals surface area contributed by atoms with Crippen LogP contribution in [0.3, 0.4) is 0 Å². The molecule has 3 heterocycles. The van der Waals surface area contributed by atoms with Crippen LogP contribution in [0.4, 0.5) is 0 Å². The molecule has 0 aromatic carbocycles. The van der Waals surface area contributed by atoms with Crippen molar-refractivity contribution in [2.45, 2.75) is 65.5 Å². The third kappa shape index (κ3) is 3.58. The molecule has 0 radical (unpaired) electrons. The van der Waals surface area contributed by atoms with Gasteiger partial charge in [0.25, 0.3) is 0 Å². The minimum Gasteiger partial charge on any atom is -0.342 e. The Morgan fingerprint density at radius 3 is 2.80 bits per heavy atom. The second-order valence-corrected chi connectivity index (χ2v) is 7.81. The highest BCUT2D eigenvalue weighted by atomic mass is 16.2. The highest BCUT2D eigenvalue weighted by Crippen LogP contribution is 2.40. The maximum absolute atomic E-state index is 12.9. The first-order chi connectivity index (χ1) is 11.9. The van der Waals surface area contributed by atoms with Gasteiger partial charge in [-0.25, -0.2) is 4.98 Å². The molecule has 2 aliphatic heterocycles. The molecule has 2 fully saturated rings. The summed E-state index contributed by atoms with van der Waals surface area (Å²) in [6.45, 7) is 9.13. The number of hydrogen-bond donors (Lipinski definition) is 0. The number of nitrogens with zero attached hydrogens (tertiary/aromatic N) is 4. The summed E-state index contributed by atoms with van der Waals surface area (Å²) in [5.74, 6) is 1.43. The summed E-state index contributed by atoms with van der Waals surface area (Å²) < 4.78 is 2.07. The molecular weight excluding hydrogens is 316 g/mol. The van der Waals surface area contributed by atoms with Crippen molar-refractivity contribution in [2.75, 3.05) is 19.6 Å². The number of carbonyl (C=O) groups excluding carboxylic acids is 2. The number of hydrogen-bond acceptors (Lipinski definition) is 3. The molecule has 0 aliphatic carbocycles. The number of likely N-dealkylation sites (tertiary alicyclic amines) is 2. The zero-order valence-corrected chi connectivity index (χ0v) is 15.7. The van der Waals surface area contributed by atoms with Crippen LogP contribution < -0.4 is 0 Å². The monoisotopic (exact) mass is 346 g/mol. The predicted octanol–water partition coefficient (Wildman–Crippen LogP) is 2.22. The summed E-state index contributed by atoms with van der Waals surface area (Å²) in [6, 6.07) is 0.243. The van der Waals surface area contributed by atoms with Crippen LogP contribution in [-0.4, -0.2) is 56.8 Å². The van der Waals surface area contributed by atoms with Crippen molar-refractivity contribution in [3.05, 3.63) is 18.2 Å². The molecule has 2 aliphatic rings. The Morgan fingerprint density at radius 2 is 2.12 bits per heavy atom. The minimum absolute atomic E-state index is 0.184. The second kappa shape index (κ2) is 7.18. The van der Waals surface area contributed by atoms with Crippen molar-refractivity contribution in [1.82, 2.24) is 19.4 Å². The summed E-state index contributed by atoms with van der Waals surface area (Å²) >= 11 is 0. The number of piperidine rings is 1. The largest absolute Gasteiger partial charge is 0.342 e. The standard InChI is InChI=1S/C19H30N4O2/c1-15(2)23-11-5-7-19(18(23)25)8-12-22(14-19)17(24)6-4-10-21-13-9-20-16(21)3/h9,13,15H,4-8,10-12,14H2,1-3H3. The summed E-state index contributed by atoms with van der Waals surface area (Å²) in [4.78, 5) is 33.6. The van der Waals surface area contributed by atoms with Crippen LogP contribution in [0.1, 0.15) is 51.8 Å². The van der Waals surface area contributed by atoms with Crippen LogP contribution in [0.15, 0.2) is 12.4 Å². The molecule has 1 aromatic heterocycles. The lowest BCUT2D eigenvalue weighted by atomic mass is 9.78. The Hall–Kier alpha value is -1.85. The number of aryl methyl sites for hydroxylation is 2. The number of aromatic nitrogens is 2. The van der Waals surface area contributed by atoms with Crippen LogP contribution in [0.5, 0.6) is 0 Å². The number of amides is 2. The molecule has 1 unspecified atom stereocenters. The van der Waals surface area contributed by atoms with E-state index in [4.69, 9.17) is 0 Å². The molecule has 3 rings (SSSR count). The van der Waals surface area contributed by atoms with E-state index in [2.05, 4.69) is 23.4 Å². The summed E-state index contributed by atoms with van der Waals surface area (Å²) in [7, 11) is 0. The van der Waals surface area contributed by atoms with E-state index in [0.29, 0.717) is 13.0 Å². The average molecular weight is 346 g/mol. The quantitative estimate of drug-likeness (QED) is 0.821. The lowest BCUT2D eigenvalue weighted by Gasteiger charge is -2.41. The third-order valence-corrected chi connectivity index (χ3v) is 5.81. The van der Waals surface area contributed by atoms with Gasteiger partial charge in [-0.05, 0) is 46.5 Å². The summed E-state index contributed by atoms with van der Waals surface area (Å²) in [6.07, 6.45) is 7.88. The highest BCUT2D eigenvalue weighted by molar-refractivity contribution is 5.86. The van der Waals surface area contributed by atoms with Crippen molar-refractivity contribution < 1.29 is 9.59 Å². The average Bonchev–Trinajstić information content (AvgIpc) is 3.18. The molecule has 0 bridgehead atoms. The Labute approximate surface area is 150 Å². The van der Waals surface area contributed by atoms with Crippen molar-refractivity contribution >= 4 is 11.8 Å². The summed E-state index contributed by atoms with van der Waals surface area (Å²) in [5.41, 5.74) is -0.320. The van der Waals surface area contributed by atoms with Gasteiger partial charge in [0, 0.05) is 51.0 Å². The first kappa shape index (κ1) is 18.0. The zero-order chi connectivity index (χ0) is 18.0. The molecule has 6 heteroatoms. The molecule has 1 atom stereocenters. The van der Waals surface area contributed by atoms with E-state index in [1.165, 1.54) is 0 Å². The van der Waals surface area contributed by atoms with E-state index in [-0.39, 0.29) is 23.3 Å². The van der Waals surface area contributed by atoms with E-state index in [1.807, 2.05) is 22.9 Å². The fourth-order valence-electron chi connectivity index (χ4n) is 4.26. The highest BCUT2D eigenvalue weighted by Gasteiger charge is 2.49. The van der Waals surface area contributed by atoms with Crippen LogP contribution in [0.25, 0.3) is 0 Å². The topological polar surface area (TPSA) is 58.4 Å². The first-order valence-electron chi connectivity index (χ1n) is 9.49. The van der Waals surface area contributed by atoms with Gasteiger partial charge in [0.2, 0.25) is 11.8 Å². The van der Waals surface area contributed by atoms with Crippen molar-refractivity contribution in [3.63, 3.8) is 0 Å². The van der Waals surface area contributed by atoms with Gasteiger partial charge < -0.3 is 14.4 Å². The zero-order valence-electron chi connectivity index (χ0n) is 15.7. The van der Waals surface area contributed by atoms with Gasteiger partial charge in [-0.15, -0.1) is 0 Å². The van der Waals surface area contributed by atoms with E-state index < -0.39 is 0 Å². The SMILES string of the molecule is Cc1nccn1CCCC(=O)N1CCC2(CCCN(C(C)C)C2=O)C1. The van der Waals surface area contributed by atoms with E-state index in [0.717, 1.165) is 51.1 Å². The van der Waals surface area contributed by atoms with Gasteiger partial charge in [0.05, 0.1) is 5.41 Å². The van der Waals surface area contributed by atoms with E-state index in [9.17, 15) is 9.59 Å². The van der Waals surface area contributed by atoms with Gasteiger partial charge in [-0.1, -0.05) is 0 Å². The fraction of sp³-hybridized carbons (Fsp3) is 0.737. The molecular formula is C19H30N4O2. The Bertz CT molecular complexity index is 639. The van der Waals surface area contributed by atoms with Gasteiger partial charge in [0.1, 0.15) is 5.82 Å². The van der Waals surface area contributed by atoms with Crippen LogP contribution in [0, 0.1) is 12.3 Å². The van der Waals surface area contributed by atoms with Gasteiger partial charge in [0.15, 0.2) is 0 Å². The first-order valence-corrected chi connectivity index (χ1v) is 9.49. The van der Waals surface area contributed by atoms with Crippen LogP contribution >= 0.6 is 0 Å². The van der Waals surface area contributed by atoms with Crippen molar-refractivity contribution in [1.29, 1.82) is 0 Å². The Balaban J connectivity index is 1.54.